The number of guanidine groups is 1. The molecule has 5 nitrogen and oxygen atoms in total. The second kappa shape index (κ2) is 11.7. The number of aromatic nitrogens is 1. The van der Waals surface area contributed by atoms with Gasteiger partial charge in [0.05, 0.1) is 16.6 Å². The molecule has 1 unspecified atom stereocenters. The van der Waals surface area contributed by atoms with Crippen molar-refractivity contribution in [3.8, 4) is 11.3 Å². The van der Waals surface area contributed by atoms with Crippen LogP contribution >= 0.6 is 58.3 Å². The van der Waals surface area contributed by atoms with Crippen LogP contribution in [0.25, 0.3) is 11.3 Å². The molecule has 150 valence electrons. The predicted octanol–water partition coefficient (Wildman–Crippen LogP) is 4.93. The zero-order chi connectivity index (χ0) is 19.1. The van der Waals surface area contributed by atoms with Gasteiger partial charge in [0.1, 0.15) is 11.1 Å². The third kappa shape index (κ3) is 6.70. The van der Waals surface area contributed by atoms with E-state index in [-0.39, 0.29) is 24.0 Å². The summed E-state index contributed by atoms with van der Waals surface area (Å²) in [6.45, 7) is 3.58. The zero-order valence-electron chi connectivity index (χ0n) is 15.3. The van der Waals surface area contributed by atoms with Gasteiger partial charge in [0.25, 0.3) is 0 Å². The van der Waals surface area contributed by atoms with Crippen LogP contribution in [0.2, 0.25) is 4.34 Å². The Hall–Kier alpha value is -1.20. The molecule has 0 amide bonds. The largest absolute Gasteiger partial charge is 0.386 e. The van der Waals surface area contributed by atoms with E-state index in [9.17, 15) is 5.11 Å². The number of nitrogens with zero attached hydrogens (tertiary/aromatic N) is 2. The van der Waals surface area contributed by atoms with Crippen molar-refractivity contribution in [3.63, 3.8) is 0 Å². The number of nitrogens with one attached hydrogen (secondary N) is 2. The van der Waals surface area contributed by atoms with Gasteiger partial charge in [-0.05, 0) is 19.1 Å². The van der Waals surface area contributed by atoms with E-state index in [1.165, 1.54) is 11.3 Å². The molecule has 0 radical (unpaired) electrons. The van der Waals surface area contributed by atoms with Gasteiger partial charge in [-0.1, -0.05) is 41.9 Å². The van der Waals surface area contributed by atoms with Gasteiger partial charge in [-0.2, -0.15) is 0 Å². The Bertz CT molecular complexity index is 885. The van der Waals surface area contributed by atoms with Crippen LogP contribution in [0.4, 0.5) is 0 Å². The number of benzene rings is 1. The number of aliphatic imine (C=N–C) groups is 1. The highest BCUT2D eigenvalue weighted by molar-refractivity contribution is 14.0. The van der Waals surface area contributed by atoms with Crippen molar-refractivity contribution in [1.29, 1.82) is 0 Å². The molecule has 0 saturated heterocycles. The molecule has 3 aromatic rings. The summed E-state index contributed by atoms with van der Waals surface area (Å²) in [5.41, 5.74) is 2.07. The maximum Gasteiger partial charge on any atom is 0.191 e. The number of thiazole rings is 1. The van der Waals surface area contributed by atoms with Crippen LogP contribution in [0.1, 0.15) is 22.9 Å². The lowest BCUT2D eigenvalue weighted by Gasteiger charge is -2.14. The molecule has 2 aromatic heterocycles. The third-order valence-corrected chi connectivity index (χ3v) is 5.89. The van der Waals surface area contributed by atoms with Crippen molar-refractivity contribution < 1.29 is 5.11 Å². The van der Waals surface area contributed by atoms with Crippen LogP contribution in [-0.2, 0) is 6.54 Å². The monoisotopic (exact) mass is 548 g/mol. The van der Waals surface area contributed by atoms with Gasteiger partial charge in [0.2, 0.25) is 0 Å². The van der Waals surface area contributed by atoms with Crippen molar-refractivity contribution >= 4 is 64.2 Å². The van der Waals surface area contributed by atoms with E-state index in [0.717, 1.165) is 27.7 Å². The summed E-state index contributed by atoms with van der Waals surface area (Å²) in [5, 5.41) is 19.6. The lowest BCUT2D eigenvalue weighted by molar-refractivity contribution is 0.184. The molecule has 28 heavy (non-hydrogen) atoms. The van der Waals surface area contributed by atoms with Gasteiger partial charge in [0, 0.05) is 28.9 Å². The molecule has 1 aromatic carbocycles. The summed E-state index contributed by atoms with van der Waals surface area (Å²) in [6.07, 6.45) is -0.629. The Labute approximate surface area is 194 Å². The summed E-state index contributed by atoms with van der Waals surface area (Å²) in [5.74, 6) is 0.649. The topological polar surface area (TPSA) is 69.5 Å². The molecule has 3 N–H and O–H groups in total. The van der Waals surface area contributed by atoms with Crippen LogP contribution in [0, 0.1) is 0 Å². The van der Waals surface area contributed by atoms with E-state index in [4.69, 9.17) is 11.6 Å². The highest BCUT2D eigenvalue weighted by atomic mass is 127. The molecular formula is C19H22ClIN4OS2. The van der Waals surface area contributed by atoms with Crippen LogP contribution in [0.5, 0.6) is 0 Å². The summed E-state index contributed by atoms with van der Waals surface area (Å²) < 4.78 is 0.669. The maximum absolute atomic E-state index is 10.3. The van der Waals surface area contributed by atoms with E-state index in [0.29, 0.717) is 23.4 Å². The second-order valence-corrected chi connectivity index (χ2v) is 8.42. The smallest absolute Gasteiger partial charge is 0.191 e. The molecule has 0 aliphatic carbocycles. The Morgan fingerprint density at radius 1 is 1.21 bits per heavy atom. The van der Waals surface area contributed by atoms with Crippen LogP contribution in [0.15, 0.2) is 52.8 Å². The van der Waals surface area contributed by atoms with Gasteiger partial charge < -0.3 is 15.7 Å². The first-order valence-corrected chi connectivity index (χ1v) is 10.7. The molecule has 0 aliphatic rings. The fourth-order valence-electron chi connectivity index (χ4n) is 2.41. The lowest BCUT2D eigenvalue weighted by atomic mass is 10.2. The number of halogens is 2. The first kappa shape index (κ1) is 23.1. The van der Waals surface area contributed by atoms with Gasteiger partial charge in [0.15, 0.2) is 5.96 Å². The van der Waals surface area contributed by atoms with E-state index in [1.54, 1.807) is 17.4 Å². The van der Waals surface area contributed by atoms with E-state index in [1.807, 2.05) is 48.7 Å². The summed E-state index contributed by atoms with van der Waals surface area (Å²) in [7, 11) is 0. The van der Waals surface area contributed by atoms with E-state index >= 15 is 0 Å². The Morgan fingerprint density at radius 3 is 2.68 bits per heavy atom. The van der Waals surface area contributed by atoms with Crippen LogP contribution < -0.4 is 10.6 Å². The fourth-order valence-corrected chi connectivity index (χ4v) is 4.19. The number of hydrogen-bond donors (Lipinski definition) is 3. The predicted molar refractivity (Wildman–Crippen MR) is 130 cm³/mol. The zero-order valence-corrected chi connectivity index (χ0v) is 20.0. The SMILES string of the molecule is CCNC(=NCc1nc(-c2ccccc2)cs1)NCC(O)c1ccc(Cl)s1.I. The average Bonchev–Trinajstić information content (AvgIpc) is 3.33. The third-order valence-electron chi connectivity index (χ3n) is 3.72. The van der Waals surface area contributed by atoms with Crippen molar-refractivity contribution in [2.45, 2.75) is 19.6 Å². The Kier molecular flexibility index (Phi) is 9.66. The first-order chi connectivity index (χ1) is 13.2. The first-order valence-electron chi connectivity index (χ1n) is 8.61. The lowest BCUT2D eigenvalue weighted by Crippen LogP contribution is -2.39. The number of hydrogen-bond acceptors (Lipinski definition) is 5. The molecule has 0 saturated carbocycles. The summed E-state index contributed by atoms with van der Waals surface area (Å²) in [6, 6.07) is 13.7. The minimum atomic E-state index is -0.629. The molecule has 0 fully saturated rings. The molecule has 1 atom stereocenters. The number of aliphatic hydroxyl groups excluding tert-OH is 1. The van der Waals surface area contributed by atoms with Gasteiger partial charge in [-0.25, -0.2) is 9.98 Å². The minimum absolute atomic E-state index is 0. The standard InChI is InChI=1S/C19H21ClN4OS2.HI/c1-2-21-19(22-10-15(25)16-8-9-17(20)27-16)23-11-18-24-14(12-26-18)13-6-4-3-5-7-13;/h3-9,12,15,25H,2,10-11H2,1H3,(H2,21,22,23);1H. The summed E-state index contributed by atoms with van der Waals surface area (Å²) >= 11 is 8.90. The number of aliphatic hydroxyl groups is 1. The highest BCUT2D eigenvalue weighted by Crippen LogP contribution is 2.26. The van der Waals surface area contributed by atoms with E-state index in [2.05, 4.69) is 20.6 Å². The molecule has 0 aliphatic heterocycles. The molecule has 2 heterocycles. The molecule has 0 spiro atoms. The number of rotatable bonds is 7. The Balaban J connectivity index is 0.00000280. The van der Waals surface area contributed by atoms with E-state index < -0.39 is 6.10 Å². The highest BCUT2D eigenvalue weighted by Gasteiger charge is 2.11. The van der Waals surface area contributed by atoms with Gasteiger partial charge >= 0.3 is 0 Å². The second-order valence-electron chi connectivity index (χ2n) is 5.73. The molecule has 9 heteroatoms. The maximum atomic E-state index is 10.3. The summed E-state index contributed by atoms with van der Waals surface area (Å²) in [4.78, 5) is 10.1. The van der Waals surface area contributed by atoms with Gasteiger partial charge in [-0.15, -0.1) is 46.7 Å². The fraction of sp³-hybridized carbons (Fsp3) is 0.263. The van der Waals surface area contributed by atoms with Crippen molar-refractivity contribution in [2.75, 3.05) is 13.1 Å². The van der Waals surface area contributed by atoms with Gasteiger partial charge in [-0.3, -0.25) is 0 Å². The average molecular weight is 549 g/mol. The van der Waals surface area contributed by atoms with Crippen molar-refractivity contribution in [3.05, 3.63) is 62.1 Å². The van der Waals surface area contributed by atoms with Crippen LogP contribution in [0.3, 0.4) is 0 Å². The quantitative estimate of drug-likeness (QED) is 0.222. The minimum Gasteiger partial charge on any atom is -0.386 e. The Morgan fingerprint density at radius 2 is 2.00 bits per heavy atom. The molecule has 3 rings (SSSR count). The van der Waals surface area contributed by atoms with Crippen molar-refractivity contribution in [1.82, 2.24) is 15.6 Å². The van der Waals surface area contributed by atoms with Crippen molar-refractivity contribution in [2.24, 2.45) is 4.99 Å². The molecule has 0 bridgehead atoms. The number of thiophene rings is 1. The normalized spacial score (nSPS) is 12.3. The van der Waals surface area contributed by atoms with Crippen LogP contribution in [-0.4, -0.2) is 29.1 Å². The molecular weight excluding hydrogens is 527 g/mol.